The predicted octanol–water partition coefficient (Wildman–Crippen LogP) is 2.04. The highest BCUT2D eigenvalue weighted by molar-refractivity contribution is 5.81. The van der Waals surface area contributed by atoms with Gasteiger partial charge in [-0.3, -0.25) is 9.59 Å². The van der Waals surface area contributed by atoms with Crippen LogP contribution in [0.15, 0.2) is 24.3 Å². The maximum atomic E-state index is 12.1. The van der Waals surface area contributed by atoms with E-state index in [1.807, 2.05) is 13.8 Å². The Hall–Kier alpha value is -2.04. The minimum atomic E-state index is -1.01. The van der Waals surface area contributed by atoms with Crippen LogP contribution in [0.25, 0.3) is 0 Å². The van der Waals surface area contributed by atoms with Crippen LogP contribution in [0.1, 0.15) is 32.3 Å². The van der Waals surface area contributed by atoms with E-state index in [1.54, 1.807) is 24.3 Å². The fourth-order valence-corrected chi connectivity index (χ4v) is 1.96. The molecule has 0 spiro atoms. The van der Waals surface area contributed by atoms with Crippen LogP contribution in [0.2, 0.25) is 0 Å². The lowest BCUT2D eigenvalue weighted by Crippen LogP contribution is -2.41. The first kappa shape index (κ1) is 16.0. The number of benzene rings is 1. The Kier molecular flexibility index (Phi) is 6.03. The topological polar surface area (TPSA) is 77.8 Å². The summed E-state index contributed by atoms with van der Waals surface area (Å²) in [5.41, 5.74) is 0.695. The number of hydrogen-bond donors (Lipinski definition) is 2. The first-order chi connectivity index (χ1) is 9.45. The van der Waals surface area contributed by atoms with E-state index in [4.69, 9.17) is 5.11 Å². The van der Waals surface area contributed by atoms with Gasteiger partial charge in [0.15, 0.2) is 0 Å². The molecule has 0 aliphatic rings. The number of hydrogen-bond acceptors (Lipinski definition) is 3. The van der Waals surface area contributed by atoms with Crippen molar-refractivity contribution in [3.05, 3.63) is 29.8 Å². The van der Waals surface area contributed by atoms with Crippen LogP contribution in [-0.4, -0.2) is 39.6 Å². The minimum absolute atomic E-state index is 0.108. The molecule has 1 rings (SSSR count). The molecule has 1 aromatic rings. The van der Waals surface area contributed by atoms with Gasteiger partial charge in [0.05, 0.1) is 0 Å². The van der Waals surface area contributed by atoms with Crippen molar-refractivity contribution in [1.29, 1.82) is 0 Å². The largest absolute Gasteiger partial charge is 0.508 e. The first-order valence-electron chi connectivity index (χ1n) is 6.73. The molecule has 0 fully saturated rings. The number of phenolic OH excluding ortho intramolecular Hbond substituents is 1. The fourth-order valence-electron chi connectivity index (χ4n) is 1.96. The zero-order chi connectivity index (χ0) is 15.1. The summed E-state index contributed by atoms with van der Waals surface area (Å²) in [6.07, 6.45) is 1.29. The normalized spacial score (nSPS) is 11.9. The summed E-state index contributed by atoms with van der Waals surface area (Å²) < 4.78 is 0. The summed E-state index contributed by atoms with van der Waals surface area (Å²) in [6, 6.07) is 6.74. The molecule has 2 N–H and O–H groups in total. The van der Waals surface area contributed by atoms with E-state index in [1.165, 1.54) is 4.90 Å². The molecule has 5 nitrogen and oxygen atoms in total. The highest BCUT2D eigenvalue weighted by Gasteiger charge is 2.21. The summed E-state index contributed by atoms with van der Waals surface area (Å²) in [7, 11) is 0. The molecule has 110 valence electrons. The SMILES string of the molecule is CCC(C)N(CC(=O)O)C(=O)CCc1ccccc1O. The summed E-state index contributed by atoms with van der Waals surface area (Å²) >= 11 is 0. The second kappa shape index (κ2) is 7.53. The average Bonchev–Trinajstić information content (AvgIpc) is 2.42. The number of carbonyl (C=O) groups is 2. The molecular weight excluding hydrogens is 258 g/mol. The summed E-state index contributed by atoms with van der Waals surface area (Å²) in [5, 5.41) is 18.5. The van der Waals surface area contributed by atoms with E-state index in [-0.39, 0.29) is 30.7 Å². The van der Waals surface area contributed by atoms with Gasteiger partial charge in [0.1, 0.15) is 12.3 Å². The fraction of sp³-hybridized carbons (Fsp3) is 0.467. The lowest BCUT2D eigenvalue weighted by atomic mass is 10.1. The van der Waals surface area contributed by atoms with Crippen LogP contribution in [0.5, 0.6) is 5.75 Å². The molecule has 5 heteroatoms. The van der Waals surface area contributed by atoms with Gasteiger partial charge in [-0.05, 0) is 31.4 Å². The molecular formula is C15H21NO4. The van der Waals surface area contributed by atoms with E-state index < -0.39 is 5.97 Å². The van der Waals surface area contributed by atoms with Crippen molar-refractivity contribution in [3.63, 3.8) is 0 Å². The molecule has 0 heterocycles. The number of aromatic hydroxyl groups is 1. The zero-order valence-electron chi connectivity index (χ0n) is 11.9. The van der Waals surface area contributed by atoms with E-state index in [0.717, 1.165) is 0 Å². The molecule has 1 amide bonds. The quantitative estimate of drug-likeness (QED) is 0.800. The Labute approximate surface area is 118 Å². The second-order valence-corrected chi connectivity index (χ2v) is 4.80. The van der Waals surface area contributed by atoms with Gasteiger partial charge in [-0.2, -0.15) is 0 Å². The number of para-hydroxylation sites is 1. The van der Waals surface area contributed by atoms with Crippen molar-refractivity contribution in [2.45, 2.75) is 39.2 Å². The molecule has 1 aromatic carbocycles. The average molecular weight is 279 g/mol. The van der Waals surface area contributed by atoms with E-state index in [0.29, 0.717) is 18.4 Å². The highest BCUT2D eigenvalue weighted by Crippen LogP contribution is 2.18. The highest BCUT2D eigenvalue weighted by atomic mass is 16.4. The number of carbonyl (C=O) groups excluding carboxylic acids is 1. The Morgan fingerprint density at radius 1 is 1.30 bits per heavy atom. The Bertz CT molecular complexity index is 473. The number of carboxylic acids is 1. The summed E-state index contributed by atoms with van der Waals surface area (Å²) in [5.74, 6) is -1.06. The van der Waals surface area contributed by atoms with Crippen molar-refractivity contribution in [1.82, 2.24) is 4.90 Å². The number of nitrogens with zero attached hydrogens (tertiary/aromatic N) is 1. The number of aryl methyl sites for hydroxylation is 1. The van der Waals surface area contributed by atoms with Gasteiger partial charge in [0.2, 0.25) is 5.91 Å². The Balaban J connectivity index is 2.67. The molecule has 0 radical (unpaired) electrons. The lowest BCUT2D eigenvalue weighted by Gasteiger charge is -2.27. The molecule has 1 unspecified atom stereocenters. The summed E-state index contributed by atoms with van der Waals surface area (Å²) in [4.78, 5) is 24.4. The van der Waals surface area contributed by atoms with Crippen LogP contribution in [0, 0.1) is 0 Å². The third-order valence-electron chi connectivity index (χ3n) is 3.35. The number of aliphatic carboxylic acids is 1. The van der Waals surface area contributed by atoms with Crippen LogP contribution in [-0.2, 0) is 16.0 Å². The first-order valence-corrected chi connectivity index (χ1v) is 6.73. The van der Waals surface area contributed by atoms with Crippen molar-refractivity contribution in [3.8, 4) is 5.75 Å². The number of carboxylic acid groups (broad SMARTS) is 1. The monoisotopic (exact) mass is 279 g/mol. The van der Waals surface area contributed by atoms with Gasteiger partial charge < -0.3 is 15.1 Å². The molecule has 0 saturated carbocycles. The molecule has 0 aliphatic carbocycles. The molecule has 1 atom stereocenters. The van der Waals surface area contributed by atoms with Gasteiger partial charge in [-0.25, -0.2) is 0 Å². The van der Waals surface area contributed by atoms with E-state index in [2.05, 4.69) is 0 Å². The van der Waals surface area contributed by atoms with Gasteiger partial charge in [0, 0.05) is 12.5 Å². The van der Waals surface area contributed by atoms with Gasteiger partial charge in [0.25, 0.3) is 0 Å². The molecule has 0 bridgehead atoms. The van der Waals surface area contributed by atoms with Crippen molar-refractivity contribution in [2.24, 2.45) is 0 Å². The molecule has 0 aliphatic heterocycles. The third-order valence-corrected chi connectivity index (χ3v) is 3.35. The molecule has 0 aromatic heterocycles. The number of phenols is 1. The lowest BCUT2D eigenvalue weighted by molar-refractivity contribution is -0.146. The van der Waals surface area contributed by atoms with Crippen LogP contribution < -0.4 is 0 Å². The predicted molar refractivity (Wildman–Crippen MR) is 75.5 cm³/mol. The van der Waals surface area contributed by atoms with Gasteiger partial charge in [-0.1, -0.05) is 25.1 Å². The van der Waals surface area contributed by atoms with Crippen molar-refractivity contribution in [2.75, 3.05) is 6.54 Å². The van der Waals surface area contributed by atoms with Crippen molar-refractivity contribution >= 4 is 11.9 Å². The van der Waals surface area contributed by atoms with E-state index in [9.17, 15) is 14.7 Å². The van der Waals surface area contributed by atoms with Crippen LogP contribution in [0.4, 0.5) is 0 Å². The van der Waals surface area contributed by atoms with Gasteiger partial charge in [-0.15, -0.1) is 0 Å². The minimum Gasteiger partial charge on any atom is -0.508 e. The maximum Gasteiger partial charge on any atom is 0.323 e. The van der Waals surface area contributed by atoms with Crippen LogP contribution in [0.3, 0.4) is 0 Å². The number of amides is 1. The number of rotatable bonds is 7. The molecule has 0 saturated heterocycles. The standard InChI is InChI=1S/C15H21NO4/c1-3-11(2)16(10-15(19)20)14(18)9-8-12-6-4-5-7-13(12)17/h4-7,11,17H,3,8-10H2,1-2H3,(H,19,20). The van der Waals surface area contributed by atoms with E-state index >= 15 is 0 Å². The Morgan fingerprint density at radius 2 is 1.95 bits per heavy atom. The third kappa shape index (κ3) is 4.57. The zero-order valence-corrected chi connectivity index (χ0v) is 11.9. The smallest absolute Gasteiger partial charge is 0.323 e. The Morgan fingerprint density at radius 3 is 2.50 bits per heavy atom. The van der Waals surface area contributed by atoms with Gasteiger partial charge >= 0.3 is 5.97 Å². The maximum absolute atomic E-state index is 12.1. The summed E-state index contributed by atoms with van der Waals surface area (Å²) in [6.45, 7) is 3.46. The second-order valence-electron chi connectivity index (χ2n) is 4.80. The van der Waals surface area contributed by atoms with Crippen LogP contribution >= 0.6 is 0 Å². The van der Waals surface area contributed by atoms with Crippen molar-refractivity contribution < 1.29 is 19.8 Å². The molecule has 20 heavy (non-hydrogen) atoms.